The number of hydrazone groups is 1. The molecule has 0 bridgehead atoms. The molecule has 22 heavy (non-hydrogen) atoms. The smallest absolute Gasteiger partial charge is 0.161 e. The van der Waals surface area contributed by atoms with E-state index < -0.39 is 0 Å². The monoisotopic (exact) mass is 303 g/mol. The second-order valence-corrected chi connectivity index (χ2v) is 6.09. The van der Waals surface area contributed by atoms with Crippen molar-refractivity contribution in [3.63, 3.8) is 0 Å². The van der Waals surface area contributed by atoms with Gasteiger partial charge in [-0.25, -0.2) is 0 Å². The Balaban J connectivity index is 1.80. The van der Waals surface area contributed by atoms with Gasteiger partial charge in [0, 0.05) is 31.1 Å². The van der Waals surface area contributed by atoms with Gasteiger partial charge in [0.25, 0.3) is 0 Å². The molecular weight excluding hydrogens is 278 g/mol. The molecule has 0 aliphatic carbocycles. The average Bonchev–Trinajstić information content (AvgIpc) is 2.95. The zero-order chi connectivity index (χ0) is 15.5. The summed E-state index contributed by atoms with van der Waals surface area (Å²) in [5.74, 6) is 2.06. The SMILES string of the molecule is CCCOc1ccc(C2NN=C3CCN(C)CC32)cc1OC. The first-order valence-corrected chi connectivity index (χ1v) is 8.04. The number of methoxy groups -OCH3 is 1. The molecule has 1 fully saturated rings. The topological polar surface area (TPSA) is 46.1 Å². The molecule has 5 nitrogen and oxygen atoms in total. The molecule has 2 atom stereocenters. The van der Waals surface area contributed by atoms with E-state index in [1.807, 2.05) is 6.07 Å². The van der Waals surface area contributed by atoms with Crippen molar-refractivity contribution in [3.05, 3.63) is 23.8 Å². The fourth-order valence-corrected chi connectivity index (χ4v) is 3.22. The van der Waals surface area contributed by atoms with E-state index in [1.165, 1.54) is 11.3 Å². The number of ether oxygens (including phenoxy) is 2. The van der Waals surface area contributed by atoms with Crippen LogP contribution in [-0.4, -0.2) is 44.5 Å². The molecular formula is C17H25N3O2. The summed E-state index contributed by atoms with van der Waals surface area (Å²) in [4.78, 5) is 2.37. The fraction of sp³-hybridized carbons (Fsp3) is 0.588. The largest absolute Gasteiger partial charge is 0.493 e. The number of rotatable bonds is 5. The predicted molar refractivity (Wildman–Crippen MR) is 87.7 cm³/mol. The highest BCUT2D eigenvalue weighted by molar-refractivity contribution is 5.89. The maximum atomic E-state index is 5.74. The van der Waals surface area contributed by atoms with Crippen molar-refractivity contribution >= 4 is 5.71 Å². The van der Waals surface area contributed by atoms with Crippen LogP contribution in [-0.2, 0) is 0 Å². The molecule has 2 heterocycles. The summed E-state index contributed by atoms with van der Waals surface area (Å²) in [5.41, 5.74) is 5.82. The van der Waals surface area contributed by atoms with Crippen molar-refractivity contribution in [2.75, 3.05) is 33.9 Å². The summed E-state index contributed by atoms with van der Waals surface area (Å²) in [6, 6.07) is 6.44. The lowest BCUT2D eigenvalue weighted by Gasteiger charge is -2.31. The predicted octanol–water partition coefficient (Wildman–Crippen LogP) is 2.44. The highest BCUT2D eigenvalue weighted by Crippen LogP contribution is 2.36. The zero-order valence-corrected chi connectivity index (χ0v) is 13.6. The summed E-state index contributed by atoms with van der Waals surface area (Å²) >= 11 is 0. The lowest BCUT2D eigenvalue weighted by molar-refractivity contribution is 0.271. The van der Waals surface area contributed by atoms with E-state index >= 15 is 0 Å². The molecule has 1 saturated heterocycles. The first-order chi connectivity index (χ1) is 10.7. The maximum Gasteiger partial charge on any atom is 0.161 e. The van der Waals surface area contributed by atoms with Crippen molar-refractivity contribution in [3.8, 4) is 11.5 Å². The number of nitrogens with zero attached hydrogens (tertiary/aromatic N) is 2. The number of fused-ring (bicyclic) bond motifs is 1. The van der Waals surface area contributed by atoms with Gasteiger partial charge in [-0.2, -0.15) is 5.10 Å². The second-order valence-electron chi connectivity index (χ2n) is 6.09. The molecule has 2 unspecified atom stereocenters. The minimum absolute atomic E-state index is 0.229. The fourth-order valence-electron chi connectivity index (χ4n) is 3.22. The number of piperidine rings is 1. The number of benzene rings is 1. The van der Waals surface area contributed by atoms with Crippen molar-refractivity contribution in [1.29, 1.82) is 0 Å². The van der Waals surface area contributed by atoms with E-state index in [4.69, 9.17) is 9.47 Å². The van der Waals surface area contributed by atoms with Gasteiger partial charge in [-0.15, -0.1) is 0 Å². The van der Waals surface area contributed by atoms with Crippen molar-refractivity contribution < 1.29 is 9.47 Å². The van der Waals surface area contributed by atoms with Crippen LogP contribution in [0.3, 0.4) is 0 Å². The third-order valence-electron chi connectivity index (χ3n) is 4.44. The average molecular weight is 303 g/mol. The highest BCUT2D eigenvalue weighted by Gasteiger charge is 2.36. The summed E-state index contributed by atoms with van der Waals surface area (Å²) in [6.45, 7) is 4.95. The number of hydrogen-bond acceptors (Lipinski definition) is 5. The normalized spacial score (nSPS) is 24.4. The van der Waals surface area contributed by atoms with Crippen LogP contribution in [0, 0.1) is 5.92 Å². The van der Waals surface area contributed by atoms with Crippen LogP contribution in [0.1, 0.15) is 31.4 Å². The van der Waals surface area contributed by atoms with E-state index in [0.29, 0.717) is 12.5 Å². The van der Waals surface area contributed by atoms with Crippen molar-refractivity contribution in [2.45, 2.75) is 25.8 Å². The van der Waals surface area contributed by atoms with Crippen LogP contribution in [0.4, 0.5) is 0 Å². The van der Waals surface area contributed by atoms with Crippen LogP contribution in [0.25, 0.3) is 0 Å². The van der Waals surface area contributed by atoms with Gasteiger partial charge in [0.2, 0.25) is 0 Å². The Kier molecular flexibility index (Phi) is 4.52. The van der Waals surface area contributed by atoms with Crippen LogP contribution < -0.4 is 14.9 Å². The van der Waals surface area contributed by atoms with Gasteiger partial charge in [-0.1, -0.05) is 13.0 Å². The Morgan fingerprint density at radius 1 is 1.36 bits per heavy atom. The van der Waals surface area contributed by atoms with Crippen LogP contribution >= 0.6 is 0 Å². The minimum Gasteiger partial charge on any atom is -0.493 e. The van der Waals surface area contributed by atoms with Crippen LogP contribution in [0.2, 0.25) is 0 Å². The molecule has 1 N–H and O–H groups in total. The van der Waals surface area contributed by atoms with Crippen molar-refractivity contribution in [1.82, 2.24) is 10.3 Å². The summed E-state index contributed by atoms with van der Waals surface area (Å²) in [6.07, 6.45) is 2.04. The van der Waals surface area contributed by atoms with Gasteiger partial charge >= 0.3 is 0 Å². The Morgan fingerprint density at radius 3 is 3.00 bits per heavy atom. The first kappa shape index (κ1) is 15.2. The van der Waals surface area contributed by atoms with Gasteiger partial charge in [-0.05, 0) is 31.2 Å². The van der Waals surface area contributed by atoms with Crippen LogP contribution in [0.5, 0.6) is 11.5 Å². The van der Waals surface area contributed by atoms with E-state index in [9.17, 15) is 0 Å². The molecule has 2 aliphatic heterocycles. The van der Waals surface area contributed by atoms with Gasteiger partial charge in [-0.3, -0.25) is 0 Å². The van der Waals surface area contributed by atoms with Gasteiger partial charge in [0.1, 0.15) is 0 Å². The Morgan fingerprint density at radius 2 is 2.23 bits per heavy atom. The van der Waals surface area contributed by atoms with E-state index in [-0.39, 0.29) is 6.04 Å². The summed E-state index contributed by atoms with van der Waals surface area (Å²) < 4.78 is 11.2. The molecule has 0 saturated carbocycles. The Bertz CT molecular complexity index is 559. The molecule has 2 aliphatic rings. The molecule has 5 heteroatoms. The summed E-state index contributed by atoms with van der Waals surface area (Å²) in [7, 11) is 3.87. The molecule has 1 aromatic carbocycles. The number of nitrogens with one attached hydrogen (secondary N) is 1. The van der Waals surface area contributed by atoms with E-state index in [0.717, 1.165) is 37.4 Å². The first-order valence-electron chi connectivity index (χ1n) is 8.04. The Labute approximate surface area is 132 Å². The van der Waals surface area contributed by atoms with Crippen LogP contribution in [0.15, 0.2) is 23.3 Å². The second kappa shape index (κ2) is 6.57. The highest BCUT2D eigenvalue weighted by atomic mass is 16.5. The van der Waals surface area contributed by atoms with Crippen molar-refractivity contribution in [2.24, 2.45) is 11.0 Å². The number of likely N-dealkylation sites (tertiary alicyclic amines) is 1. The third kappa shape index (κ3) is 2.90. The standard InChI is InChI=1S/C17H25N3O2/c1-4-9-22-15-6-5-12(10-16(15)21-3)17-13-11-20(2)8-7-14(13)18-19-17/h5-6,10,13,17,19H,4,7-9,11H2,1-3H3. The van der Waals surface area contributed by atoms with Gasteiger partial charge < -0.3 is 19.8 Å². The van der Waals surface area contributed by atoms with Gasteiger partial charge in [0.05, 0.1) is 19.8 Å². The molecule has 3 rings (SSSR count). The quantitative estimate of drug-likeness (QED) is 0.907. The zero-order valence-electron chi connectivity index (χ0n) is 13.6. The third-order valence-corrected chi connectivity index (χ3v) is 4.44. The molecule has 1 aromatic rings. The summed E-state index contributed by atoms with van der Waals surface area (Å²) in [5, 5.41) is 4.55. The Hall–Kier alpha value is -1.75. The lowest BCUT2D eigenvalue weighted by Crippen LogP contribution is -2.39. The van der Waals surface area contributed by atoms with Gasteiger partial charge in [0.15, 0.2) is 11.5 Å². The van der Waals surface area contributed by atoms with E-state index in [2.05, 4.69) is 41.5 Å². The minimum atomic E-state index is 0.229. The molecule has 0 amide bonds. The molecule has 0 spiro atoms. The lowest BCUT2D eigenvalue weighted by atomic mass is 9.86. The molecule has 120 valence electrons. The maximum absolute atomic E-state index is 5.74. The molecule has 0 radical (unpaired) electrons. The van der Waals surface area contributed by atoms with E-state index in [1.54, 1.807) is 7.11 Å². The number of hydrogen-bond donors (Lipinski definition) is 1. The molecule has 0 aromatic heterocycles.